The molecule has 1 saturated carbocycles. The second-order valence-electron chi connectivity index (χ2n) is 12.3. The number of pyridine rings is 1. The molecule has 4 aromatic rings. The molecule has 3 aliphatic rings. The molecule has 41 heavy (non-hydrogen) atoms. The Balaban J connectivity index is 1.38. The van der Waals surface area contributed by atoms with E-state index in [-0.39, 0.29) is 18.0 Å². The van der Waals surface area contributed by atoms with E-state index in [2.05, 4.69) is 35.1 Å². The Morgan fingerprint density at radius 1 is 1.15 bits per heavy atom. The SMILES string of the molecule is CCC1CN(C(=O)c2cc(OC)c3c(c2)nc(-c2cc4cccnc4n2CC2CC2)n3CC2CCOC2)C(C)C1N. The summed E-state index contributed by atoms with van der Waals surface area (Å²) in [5, 5.41) is 1.11. The lowest BCUT2D eigenvalue weighted by Gasteiger charge is -2.23. The number of nitrogens with zero attached hydrogens (tertiary/aromatic N) is 5. The molecule has 1 aliphatic carbocycles. The van der Waals surface area contributed by atoms with Crippen LogP contribution in [0.1, 0.15) is 49.9 Å². The minimum atomic E-state index is -0.0183. The summed E-state index contributed by atoms with van der Waals surface area (Å²) < 4.78 is 16.4. The molecule has 4 atom stereocenters. The van der Waals surface area contributed by atoms with Gasteiger partial charge in [0.25, 0.3) is 5.91 Å². The molecule has 1 amide bonds. The first-order chi connectivity index (χ1) is 20.0. The number of benzene rings is 1. The van der Waals surface area contributed by atoms with E-state index in [1.165, 1.54) is 12.8 Å². The zero-order valence-corrected chi connectivity index (χ0v) is 24.3. The normalized spacial score (nSPS) is 24.6. The van der Waals surface area contributed by atoms with E-state index in [4.69, 9.17) is 25.2 Å². The Kier molecular flexibility index (Phi) is 6.74. The van der Waals surface area contributed by atoms with Crippen LogP contribution in [0.15, 0.2) is 36.5 Å². The first-order valence-electron chi connectivity index (χ1n) is 15.1. The van der Waals surface area contributed by atoms with Crippen molar-refractivity contribution in [2.75, 3.05) is 26.9 Å². The minimum absolute atomic E-state index is 0.0172. The average Bonchev–Trinajstić information content (AvgIpc) is 3.27. The molecule has 7 rings (SSSR count). The summed E-state index contributed by atoms with van der Waals surface area (Å²) in [4.78, 5) is 25.8. The third kappa shape index (κ3) is 4.59. The molecule has 9 nitrogen and oxygen atoms in total. The number of ether oxygens (including phenoxy) is 2. The maximum atomic E-state index is 13.9. The zero-order valence-electron chi connectivity index (χ0n) is 24.3. The molecule has 5 heterocycles. The van der Waals surface area contributed by atoms with Crippen molar-refractivity contribution in [3.63, 3.8) is 0 Å². The molecule has 4 unspecified atom stereocenters. The van der Waals surface area contributed by atoms with Crippen molar-refractivity contribution in [3.05, 3.63) is 42.1 Å². The van der Waals surface area contributed by atoms with Gasteiger partial charge in [0.15, 0.2) is 5.82 Å². The van der Waals surface area contributed by atoms with Crippen LogP contribution >= 0.6 is 0 Å². The van der Waals surface area contributed by atoms with Gasteiger partial charge in [0, 0.05) is 61.4 Å². The molecule has 216 valence electrons. The number of methoxy groups -OCH3 is 1. The fraction of sp³-hybridized carbons (Fsp3) is 0.531. The van der Waals surface area contributed by atoms with Crippen LogP contribution in [-0.2, 0) is 17.8 Å². The van der Waals surface area contributed by atoms with Crippen molar-refractivity contribution in [3.8, 4) is 17.3 Å². The van der Waals surface area contributed by atoms with Crippen molar-refractivity contribution in [1.82, 2.24) is 24.0 Å². The summed E-state index contributed by atoms with van der Waals surface area (Å²) in [7, 11) is 1.67. The number of carbonyl (C=O) groups is 1. The molecule has 9 heteroatoms. The van der Waals surface area contributed by atoms with Gasteiger partial charge in [0.2, 0.25) is 0 Å². The summed E-state index contributed by atoms with van der Waals surface area (Å²) in [6.45, 7) is 8.08. The number of likely N-dealkylation sites (tertiary alicyclic amines) is 1. The van der Waals surface area contributed by atoms with Gasteiger partial charge < -0.3 is 29.2 Å². The van der Waals surface area contributed by atoms with E-state index >= 15 is 0 Å². The smallest absolute Gasteiger partial charge is 0.254 e. The van der Waals surface area contributed by atoms with Gasteiger partial charge in [-0.1, -0.05) is 13.3 Å². The van der Waals surface area contributed by atoms with Gasteiger partial charge >= 0.3 is 0 Å². The monoisotopic (exact) mass is 556 g/mol. The van der Waals surface area contributed by atoms with Gasteiger partial charge in [-0.05, 0) is 68.4 Å². The van der Waals surface area contributed by atoms with E-state index < -0.39 is 0 Å². The Bertz CT molecular complexity index is 1600. The minimum Gasteiger partial charge on any atom is -0.494 e. The van der Waals surface area contributed by atoms with Gasteiger partial charge in [-0.15, -0.1) is 0 Å². The van der Waals surface area contributed by atoms with Crippen LogP contribution in [0.4, 0.5) is 0 Å². The third-order valence-electron chi connectivity index (χ3n) is 9.57. The Morgan fingerprint density at radius 3 is 2.68 bits per heavy atom. The predicted octanol–water partition coefficient (Wildman–Crippen LogP) is 4.71. The maximum Gasteiger partial charge on any atom is 0.254 e. The van der Waals surface area contributed by atoms with Gasteiger partial charge in [0.05, 0.1) is 24.9 Å². The van der Waals surface area contributed by atoms with Crippen molar-refractivity contribution >= 4 is 28.0 Å². The van der Waals surface area contributed by atoms with E-state index in [1.807, 2.05) is 29.3 Å². The van der Waals surface area contributed by atoms with E-state index in [9.17, 15) is 4.79 Å². The van der Waals surface area contributed by atoms with Crippen LogP contribution in [0.25, 0.3) is 33.6 Å². The van der Waals surface area contributed by atoms with Gasteiger partial charge in [-0.25, -0.2) is 9.97 Å². The standard InChI is InChI=1S/C32H40N6O3/c1-4-22-17-36(19(2)28(22)33)32(39)24-12-25-29(27(14-24)40-3)38(16-21-9-11-41-18-21)31(35-25)26-13-23-6-5-10-34-30(23)37(26)15-20-7-8-20/h5-6,10,12-14,19-22,28H,4,7-9,11,15-18,33H2,1-3H3. The van der Waals surface area contributed by atoms with Crippen LogP contribution in [0.3, 0.4) is 0 Å². The molecule has 2 N–H and O–H groups in total. The Labute approximate surface area is 240 Å². The van der Waals surface area contributed by atoms with Gasteiger partial charge in [-0.3, -0.25) is 4.79 Å². The molecular formula is C32H40N6O3. The molecule has 2 aliphatic heterocycles. The zero-order chi connectivity index (χ0) is 28.2. The fourth-order valence-corrected chi connectivity index (χ4v) is 6.86. The number of nitrogens with two attached hydrogens (primary N) is 1. The average molecular weight is 557 g/mol. The Hall–Kier alpha value is -3.43. The first kappa shape index (κ1) is 26.5. The summed E-state index contributed by atoms with van der Waals surface area (Å²) in [6.07, 6.45) is 6.33. The second kappa shape index (κ2) is 10.4. The number of aromatic nitrogens is 4. The highest BCUT2D eigenvalue weighted by atomic mass is 16.5. The second-order valence-corrected chi connectivity index (χ2v) is 12.3. The third-order valence-corrected chi connectivity index (χ3v) is 9.57. The Morgan fingerprint density at radius 2 is 1.98 bits per heavy atom. The molecule has 2 saturated heterocycles. The summed E-state index contributed by atoms with van der Waals surface area (Å²) >= 11 is 0. The largest absolute Gasteiger partial charge is 0.494 e. The number of rotatable bonds is 8. The topological polar surface area (TPSA) is 100 Å². The summed E-state index contributed by atoms with van der Waals surface area (Å²) in [6, 6.07) is 10.1. The number of carbonyl (C=O) groups excluding carboxylic acids is 1. The van der Waals surface area contributed by atoms with Gasteiger partial charge in [0.1, 0.15) is 16.9 Å². The number of hydrogen-bond acceptors (Lipinski definition) is 6. The van der Waals surface area contributed by atoms with E-state index in [1.54, 1.807) is 7.11 Å². The molecule has 0 bridgehead atoms. The molecular weight excluding hydrogens is 516 g/mol. The fourth-order valence-electron chi connectivity index (χ4n) is 6.86. The quantitative estimate of drug-likeness (QED) is 0.338. The first-order valence-corrected chi connectivity index (χ1v) is 15.1. The van der Waals surface area contributed by atoms with E-state index in [0.29, 0.717) is 35.6 Å². The molecule has 0 radical (unpaired) electrons. The molecule has 3 aromatic heterocycles. The van der Waals surface area contributed by atoms with Crippen molar-refractivity contribution in [1.29, 1.82) is 0 Å². The van der Waals surface area contributed by atoms with Crippen LogP contribution in [0, 0.1) is 17.8 Å². The van der Waals surface area contributed by atoms with Crippen LogP contribution in [-0.4, -0.2) is 68.9 Å². The summed E-state index contributed by atoms with van der Waals surface area (Å²) in [5.41, 5.74) is 10.8. The highest BCUT2D eigenvalue weighted by Crippen LogP contribution is 2.39. The van der Waals surface area contributed by atoms with Crippen molar-refractivity contribution in [2.45, 2.75) is 64.7 Å². The van der Waals surface area contributed by atoms with Crippen molar-refractivity contribution < 1.29 is 14.3 Å². The van der Waals surface area contributed by atoms with Gasteiger partial charge in [-0.2, -0.15) is 0 Å². The highest BCUT2D eigenvalue weighted by molar-refractivity contribution is 6.00. The lowest BCUT2D eigenvalue weighted by atomic mass is 9.98. The number of imidazole rings is 1. The molecule has 1 aromatic carbocycles. The number of amides is 1. The lowest BCUT2D eigenvalue weighted by molar-refractivity contribution is 0.0739. The summed E-state index contributed by atoms with van der Waals surface area (Å²) in [5.74, 6) is 2.89. The van der Waals surface area contributed by atoms with E-state index in [0.717, 1.165) is 72.7 Å². The van der Waals surface area contributed by atoms with Crippen LogP contribution in [0.5, 0.6) is 5.75 Å². The predicted molar refractivity (Wildman–Crippen MR) is 159 cm³/mol. The molecule has 3 fully saturated rings. The number of hydrogen-bond donors (Lipinski definition) is 1. The number of fused-ring (bicyclic) bond motifs is 2. The van der Waals surface area contributed by atoms with Crippen LogP contribution < -0.4 is 10.5 Å². The lowest BCUT2D eigenvalue weighted by Crippen LogP contribution is -2.41. The highest BCUT2D eigenvalue weighted by Gasteiger charge is 2.39. The maximum absolute atomic E-state index is 13.9. The molecule has 0 spiro atoms. The van der Waals surface area contributed by atoms with Crippen molar-refractivity contribution in [2.24, 2.45) is 23.5 Å². The van der Waals surface area contributed by atoms with Crippen LogP contribution in [0.2, 0.25) is 0 Å².